The molecule has 1 aliphatic heterocycles. The summed E-state index contributed by atoms with van der Waals surface area (Å²) >= 11 is 0. The van der Waals surface area contributed by atoms with Gasteiger partial charge in [-0.3, -0.25) is 9.08 Å². The van der Waals surface area contributed by atoms with Crippen LogP contribution < -0.4 is 0 Å². The van der Waals surface area contributed by atoms with Crippen LogP contribution in [0.1, 0.15) is 47.0 Å². The third kappa shape index (κ3) is 7.45. The molecule has 0 spiro atoms. The van der Waals surface area contributed by atoms with Gasteiger partial charge in [0.1, 0.15) is 18.2 Å². The zero-order valence-electron chi connectivity index (χ0n) is 15.9. The van der Waals surface area contributed by atoms with Crippen LogP contribution in [0.4, 0.5) is 9.18 Å². The lowest BCUT2D eigenvalue weighted by molar-refractivity contribution is -0.149. The number of amides is 1. The number of likely N-dealkylation sites (tertiary alicyclic amines) is 1. The van der Waals surface area contributed by atoms with Crippen LogP contribution in [-0.4, -0.2) is 68.7 Å². The lowest BCUT2D eigenvalue weighted by Gasteiger charge is -2.27. The molecule has 1 aliphatic rings. The molecule has 1 saturated heterocycles. The summed E-state index contributed by atoms with van der Waals surface area (Å²) in [6.07, 6.45) is 0.959. The standard InChI is InChI=1S/C16H28FNO7S/c1-6-7-8-23-13(19)12-9-16(17,11-24-26(5,21)22)10-18(12)14(20)25-15(2,3)4/h12H,6-11H2,1-5H3/t12-,16+/m0/s1. The largest absolute Gasteiger partial charge is 0.464 e. The van der Waals surface area contributed by atoms with Crippen molar-refractivity contribution in [3.8, 4) is 0 Å². The van der Waals surface area contributed by atoms with Gasteiger partial charge in [-0.15, -0.1) is 0 Å². The van der Waals surface area contributed by atoms with Gasteiger partial charge >= 0.3 is 12.1 Å². The molecule has 1 rings (SSSR count). The number of alkyl halides is 1. The summed E-state index contributed by atoms with van der Waals surface area (Å²) in [5.41, 5.74) is -3.03. The van der Waals surface area contributed by atoms with Crippen LogP contribution >= 0.6 is 0 Å². The van der Waals surface area contributed by atoms with Crippen LogP contribution in [0.3, 0.4) is 0 Å². The van der Waals surface area contributed by atoms with Crippen molar-refractivity contribution in [2.24, 2.45) is 0 Å². The molecule has 0 aromatic carbocycles. The zero-order valence-corrected chi connectivity index (χ0v) is 16.7. The zero-order chi connectivity index (χ0) is 20.2. The molecule has 0 aromatic heterocycles. The predicted octanol–water partition coefficient (Wildman–Crippen LogP) is 2.02. The third-order valence-electron chi connectivity index (χ3n) is 3.56. The van der Waals surface area contributed by atoms with E-state index in [9.17, 15) is 18.0 Å². The van der Waals surface area contributed by atoms with E-state index in [0.717, 1.165) is 17.6 Å². The van der Waals surface area contributed by atoms with Crippen molar-refractivity contribution < 1.29 is 36.1 Å². The molecular formula is C16H28FNO7S. The lowest BCUT2D eigenvalue weighted by atomic mass is 10.0. The van der Waals surface area contributed by atoms with Crippen molar-refractivity contribution in [3.05, 3.63) is 0 Å². The van der Waals surface area contributed by atoms with E-state index in [1.165, 1.54) is 0 Å². The minimum atomic E-state index is -3.86. The Bertz CT molecular complexity index is 617. The second-order valence-electron chi connectivity index (χ2n) is 7.47. The van der Waals surface area contributed by atoms with Gasteiger partial charge in [-0.2, -0.15) is 8.42 Å². The maximum absolute atomic E-state index is 15.0. The van der Waals surface area contributed by atoms with E-state index in [0.29, 0.717) is 6.42 Å². The topological polar surface area (TPSA) is 99.2 Å². The Morgan fingerprint density at radius 1 is 1.31 bits per heavy atom. The predicted molar refractivity (Wildman–Crippen MR) is 91.8 cm³/mol. The summed E-state index contributed by atoms with van der Waals surface area (Å²) in [6.45, 7) is 5.70. The lowest BCUT2D eigenvalue weighted by Crippen LogP contribution is -2.44. The molecule has 1 heterocycles. The van der Waals surface area contributed by atoms with Gasteiger partial charge in [-0.25, -0.2) is 14.0 Å². The van der Waals surface area contributed by atoms with E-state index >= 15 is 4.39 Å². The quantitative estimate of drug-likeness (QED) is 0.368. The normalized spacial score (nSPS) is 23.8. The second-order valence-corrected chi connectivity index (χ2v) is 9.11. The van der Waals surface area contributed by atoms with Crippen LogP contribution in [0.2, 0.25) is 0 Å². The minimum absolute atomic E-state index is 0.160. The van der Waals surface area contributed by atoms with Gasteiger partial charge in [-0.05, 0) is 27.2 Å². The molecule has 0 aliphatic carbocycles. The monoisotopic (exact) mass is 397 g/mol. The molecule has 0 saturated carbocycles. The van der Waals surface area contributed by atoms with E-state index in [1.807, 2.05) is 6.92 Å². The van der Waals surface area contributed by atoms with E-state index in [2.05, 4.69) is 4.18 Å². The molecule has 0 unspecified atom stereocenters. The Morgan fingerprint density at radius 2 is 1.92 bits per heavy atom. The Balaban J connectivity index is 2.93. The van der Waals surface area contributed by atoms with Gasteiger partial charge in [0, 0.05) is 6.42 Å². The Kier molecular flexibility index (Phi) is 7.41. The average molecular weight is 397 g/mol. The average Bonchev–Trinajstić information content (AvgIpc) is 2.82. The van der Waals surface area contributed by atoms with Crippen LogP contribution in [0.15, 0.2) is 0 Å². The second kappa shape index (κ2) is 8.51. The van der Waals surface area contributed by atoms with Gasteiger partial charge in [-0.1, -0.05) is 13.3 Å². The van der Waals surface area contributed by atoms with E-state index < -0.39 is 59.1 Å². The summed E-state index contributed by atoms with van der Waals surface area (Å²) < 4.78 is 52.2. The summed E-state index contributed by atoms with van der Waals surface area (Å²) in [5, 5.41) is 0. The highest BCUT2D eigenvalue weighted by atomic mass is 32.2. The number of unbranched alkanes of at least 4 members (excludes halogenated alkanes) is 1. The fourth-order valence-electron chi connectivity index (χ4n) is 2.39. The number of halogens is 1. The van der Waals surface area contributed by atoms with Gasteiger partial charge in [0.15, 0.2) is 5.67 Å². The van der Waals surface area contributed by atoms with E-state index in [1.54, 1.807) is 20.8 Å². The first-order valence-corrected chi connectivity index (χ1v) is 10.3. The first-order chi connectivity index (χ1) is 11.8. The van der Waals surface area contributed by atoms with Gasteiger partial charge in [0.05, 0.1) is 19.4 Å². The molecule has 152 valence electrons. The smallest absolute Gasteiger partial charge is 0.411 e. The summed E-state index contributed by atoms with van der Waals surface area (Å²) in [6, 6.07) is -1.20. The molecule has 8 nitrogen and oxygen atoms in total. The van der Waals surface area contributed by atoms with Crippen molar-refractivity contribution in [1.82, 2.24) is 4.90 Å². The number of hydrogen-bond donors (Lipinski definition) is 0. The number of carbonyl (C=O) groups is 2. The number of nitrogens with zero attached hydrogens (tertiary/aromatic N) is 1. The van der Waals surface area contributed by atoms with Crippen LogP contribution in [-0.2, 0) is 28.6 Å². The highest BCUT2D eigenvalue weighted by molar-refractivity contribution is 7.85. The molecule has 0 N–H and O–H groups in total. The molecule has 26 heavy (non-hydrogen) atoms. The van der Waals surface area contributed by atoms with Gasteiger partial charge < -0.3 is 9.47 Å². The first kappa shape index (κ1) is 22.6. The number of ether oxygens (including phenoxy) is 2. The molecular weight excluding hydrogens is 369 g/mol. The number of hydrogen-bond acceptors (Lipinski definition) is 7. The molecule has 1 amide bonds. The van der Waals surface area contributed by atoms with Crippen LogP contribution in [0.5, 0.6) is 0 Å². The van der Waals surface area contributed by atoms with Crippen LogP contribution in [0.25, 0.3) is 0 Å². The van der Waals surface area contributed by atoms with Crippen molar-refractivity contribution in [2.45, 2.75) is 64.3 Å². The highest BCUT2D eigenvalue weighted by Crippen LogP contribution is 2.33. The maximum Gasteiger partial charge on any atom is 0.411 e. The van der Waals surface area contributed by atoms with Crippen molar-refractivity contribution >= 4 is 22.2 Å². The highest BCUT2D eigenvalue weighted by Gasteiger charge is 2.52. The Morgan fingerprint density at radius 3 is 2.42 bits per heavy atom. The molecule has 0 bridgehead atoms. The maximum atomic E-state index is 15.0. The summed E-state index contributed by atoms with van der Waals surface area (Å²) in [4.78, 5) is 25.6. The molecule has 2 atom stereocenters. The molecule has 1 fully saturated rings. The first-order valence-electron chi connectivity index (χ1n) is 8.46. The van der Waals surface area contributed by atoms with Crippen molar-refractivity contribution in [1.29, 1.82) is 0 Å². The third-order valence-corrected chi connectivity index (χ3v) is 4.11. The number of carbonyl (C=O) groups excluding carboxylic acids is 2. The van der Waals surface area contributed by atoms with Crippen LogP contribution in [0, 0.1) is 0 Å². The Labute approximate surface area is 154 Å². The number of rotatable bonds is 7. The van der Waals surface area contributed by atoms with Gasteiger partial charge in [0.25, 0.3) is 10.1 Å². The Hall–Kier alpha value is -1.42. The summed E-state index contributed by atoms with van der Waals surface area (Å²) in [5.74, 6) is -0.747. The number of esters is 1. The van der Waals surface area contributed by atoms with E-state index in [4.69, 9.17) is 9.47 Å². The fraction of sp³-hybridized carbons (Fsp3) is 0.875. The molecule has 0 aromatic rings. The molecule has 0 radical (unpaired) electrons. The fourth-order valence-corrected chi connectivity index (χ4v) is 2.82. The minimum Gasteiger partial charge on any atom is -0.464 e. The SMILES string of the molecule is CCCCOC(=O)[C@@H]1C[C@](F)(COS(C)(=O)=O)CN1C(=O)OC(C)(C)C. The summed E-state index contributed by atoms with van der Waals surface area (Å²) in [7, 11) is -3.86. The van der Waals surface area contributed by atoms with Crippen molar-refractivity contribution in [3.63, 3.8) is 0 Å². The molecule has 10 heteroatoms. The van der Waals surface area contributed by atoms with Crippen molar-refractivity contribution in [2.75, 3.05) is 26.0 Å². The van der Waals surface area contributed by atoms with Gasteiger partial charge in [0.2, 0.25) is 0 Å². The van der Waals surface area contributed by atoms with E-state index in [-0.39, 0.29) is 6.61 Å².